The molecule has 0 spiro atoms. The molecular formula is C7H12O7. The molecule has 7 nitrogen and oxygen atoms in total. The first-order chi connectivity index (χ1) is 6.95. The first-order valence-electron chi connectivity index (χ1n) is 4.30. The van der Waals surface area contributed by atoms with E-state index in [2.05, 4.69) is 4.74 Å². The molecule has 0 heterocycles. The van der Waals surface area contributed by atoms with Gasteiger partial charge in [-0.3, -0.25) is 4.79 Å². The molecule has 0 fully saturated rings. The van der Waals surface area contributed by atoms with Gasteiger partial charge in [-0.15, -0.1) is 0 Å². The number of ketones is 1. The van der Waals surface area contributed by atoms with E-state index in [1.54, 1.807) is 0 Å². The van der Waals surface area contributed by atoms with Crippen molar-refractivity contribution < 1.29 is 36.1 Å². The van der Waals surface area contributed by atoms with Crippen LogP contribution in [0.4, 0.5) is 0 Å². The predicted molar refractivity (Wildman–Crippen MR) is 42.1 cm³/mol. The normalized spacial score (nSPS) is 17.9. The van der Waals surface area contributed by atoms with Crippen LogP contribution < -0.4 is 0 Å². The topological polar surface area (TPSA) is 124 Å². The first-order valence-corrected chi connectivity index (χ1v) is 3.59. The van der Waals surface area contributed by atoms with E-state index in [1.807, 2.05) is 0 Å². The Morgan fingerprint density at radius 1 is 1.36 bits per heavy atom. The molecule has 0 amide bonds. The number of hydrogen-bond donors (Lipinski definition) is 4. The lowest BCUT2D eigenvalue weighted by atomic mass is 10.0. The third-order valence-corrected chi connectivity index (χ3v) is 1.52. The van der Waals surface area contributed by atoms with Gasteiger partial charge in [-0.1, -0.05) is 0 Å². The summed E-state index contributed by atoms with van der Waals surface area (Å²) in [6.07, 6.45) is -6.31. The summed E-state index contributed by atoms with van der Waals surface area (Å²) in [5.41, 5.74) is 0. The van der Waals surface area contributed by atoms with Crippen LogP contribution in [0.2, 0.25) is 0 Å². The van der Waals surface area contributed by atoms with E-state index in [1.165, 1.54) is 0 Å². The zero-order valence-electron chi connectivity index (χ0n) is 8.16. The van der Waals surface area contributed by atoms with E-state index in [-0.39, 0.29) is 0 Å². The van der Waals surface area contributed by atoms with Gasteiger partial charge in [-0.05, 0) is 0 Å². The Morgan fingerprint density at radius 2 is 1.93 bits per heavy atom. The minimum atomic E-state index is -2.14. The number of methoxy groups -OCH3 is 1. The molecule has 7 heteroatoms. The molecule has 0 saturated carbocycles. The van der Waals surface area contributed by atoms with Crippen LogP contribution >= 0.6 is 0 Å². The van der Waals surface area contributed by atoms with Crippen LogP contribution in [-0.2, 0) is 14.3 Å². The number of esters is 1. The largest absolute Gasteiger partial charge is 0.467 e. The second-order valence-electron chi connectivity index (χ2n) is 2.47. The van der Waals surface area contributed by atoms with Gasteiger partial charge in [0, 0.05) is 0 Å². The molecule has 0 radical (unpaired) electrons. The highest BCUT2D eigenvalue weighted by atomic mass is 16.5. The predicted octanol–water partition coefficient (Wildman–Crippen LogP) is -3.20. The standard InChI is InChI=1S/C7H12O7/c1-14-7(13)6(12)5(11)4(10)3(9)2-8/h4-6,8,10-12H,2H2,1H3/t4-,5+,6-/m1/s1/i1D. The molecule has 82 valence electrons. The Bertz CT molecular complexity index is 231. The van der Waals surface area contributed by atoms with Crippen LogP contribution in [0.15, 0.2) is 0 Å². The minimum Gasteiger partial charge on any atom is -0.467 e. The second-order valence-corrected chi connectivity index (χ2v) is 2.47. The highest BCUT2D eigenvalue weighted by molar-refractivity contribution is 5.86. The van der Waals surface area contributed by atoms with Crippen molar-refractivity contribution in [3.63, 3.8) is 0 Å². The van der Waals surface area contributed by atoms with Gasteiger partial charge in [0.05, 0.1) is 8.46 Å². The summed E-state index contributed by atoms with van der Waals surface area (Å²) in [7, 11) is -0.757. The molecule has 0 bridgehead atoms. The Kier molecular flexibility index (Phi) is 4.47. The van der Waals surface area contributed by atoms with Gasteiger partial charge >= 0.3 is 5.97 Å². The molecule has 0 saturated heterocycles. The minimum absolute atomic E-state index is 0.757. The monoisotopic (exact) mass is 209 g/mol. The van der Waals surface area contributed by atoms with Crippen LogP contribution in [0.25, 0.3) is 0 Å². The quantitative estimate of drug-likeness (QED) is 0.351. The van der Waals surface area contributed by atoms with Crippen LogP contribution in [0.3, 0.4) is 0 Å². The van der Waals surface area contributed by atoms with Crippen molar-refractivity contribution in [2.45, 2.75) is 18.3 Å². The van der Waals surface area contributed by atoms with Gasteiger partial charge < -0.3 is 25.2 Å². The van der Waals surface area contributed by atoms with Crippen molar-refractivity contribution in [2.75, 3.05) is 13.7 Å². The number of carbonyl (C=O) groups is 2. The number of ether oxygens (including phenoxy) is 1. The van der Waals surface area contributed by atoms with Crippen molar-refractivity contribution in [1.82, 2.24) is 0 Å². The molecule has 0 aromatic carbocycles. The summed E-state index contributed by atoms with van der Waals surface area (Å²) < 4.78 is 10.5. The van der Waals surface area contributed by atoms with Gasteiger partial charge in [0.25, 0.3) is 0 Å². The molecule has 0 aliphatic heterocycles. The molecule has 0 aromatic rings. The number of rotatable bonds is 5. The average molecular weight is 209 g/mol. The zero-order chi connectivity index (χ0) is 12.0. The summed E-state index contributed by atoms with van der Waals surface area (Å²) in [5.74, 6) is -2.47. The summed E-state index contributed by atoms with van der Waals surface area (Å²) in [6, 6.07) is 0. The smallest absolute Gasteiger partial charge is 0.337 e. The summed E-state index contributed by atoms with van der Waals surface area (Å²) in [5, 5.41) is 35.5. The van der Waals surface area contributed by atoms with Gasteiger partial charge in [-0.25, -0.2) is 4.79 Å². The van der Waals surface area contributed by atoms with E-state index in [0.29, 0.717) is 0 Å². The molecule has 0 rings (SSSR count). The highest BCUT2D eigenvalue weighted by Crippen LogP contribution is 2.03. The molecule has 4 N–H and O–H groups in total. The molecule has 0 aliphatic carbocycles. The van der Waals surface area contributed by atoms with E-state index in [4.69, 9.17) is 21.8 Å². The summed E-state index contributed by atoms with van der Waals surface area (Å²) in [6.45, 7) is -1.03. The van der Waals surface area contributed by atoms with E-state index in [0.717, 1.165) is 0 Å². The molecule has 3 atom stereocenters. The molecule has 0 aliphatic rings. The Morgan fingerprint density at radius 3 is 2.36 bits per heavy atom. The van der Waals surface area contributed by atoms with Crippen LogP contribution in [-0.4, -0.2) is 64.2 Å². The van der Waals surface area contributed by atoms with Crippen LogP contribution in [0.5, 0.6) is 0 Å². The van der Waals surface area contributed by atoms with E-state index < -0.39 is 43.8 Å². The lowest BCUT2D eigenvalue weighted by molar-refractivity contribution is -0.164. The maximum absolute atomic E-state index is 10.8. The number of aliphatic hydroxyl groups excluding tert-OH is 4. The van der Waals surface area contributed by atoms with E-state index >= 15 is 0 Å². The molecular weight excluding hydrogens is 196 g/mol. The number of aliphatic hydroxyl groups is 4. The second kappa shape index (κ2) is 5.66. The highest BCUT2D eigenvalue weighted by Gasteiger charge is 2.34. The van der Waals surface area contributed by atoms with Crippen molar-refractivity contribution in [3.05, 3.63) is 0 Å². The van der Waals surface area contributed by atoms with Gasteiger partial charge in [-0.2, -0.15) is 0 Å². The molecule has 14 heavy (non-hydrogen) atoms. The van der Waals surface area contributed by atoms with Crippen LogP contribution in [0, 0.1) is 0 Å². The third kappa shape index (κ3) is 3.04. The number of hydrogen-bond acceptors (Lipinski definition) is 7. The Hall–Kier alpha value is -1.02. The maximum Gasteiger partial charge on any atom is 0.337 e. The van der Waals surface area contributed by atoms with Crippen LogP contribution in [0.1, 0.15) is 1.37 Å². The Balaban J connectivity index is 4.36. The fourth-order valence-electron chi connectivity index (χ4n) is 0.681. The number of Topliss-reactive ketones (excluding diaryl/α,β-unsaturated/α-hetero) is 1. The molecule has 0 aromatic heterocycles. The summed E-state index contributed by atoms with van der Waals surface area (Å²) >= 11 is 0. The van der Waals surface area contributed by atoms with Gasteiger partial charge in [0.15, 0.2) is 11.9 Å². The third-order valence-electron chi connectivity index (χ3n) is 1.52. The van der Waals surface area contributed by atoms with Gasteiger partial charge in [0.1, 0.15) is 18.8 Å². The lowest BCUT2D eigenvalue weighted by Gasteiger charge is -2.19. The average Bonchev–Trinajstić information content (AvgIpc) is 2.25. The lowest BCUT2D eigenvalue weighted by Crippen LogP contribution is -2.47. The van der Waals surface area contributed by atoms with Gasteiger partial charge in [0.2, 0.25) is 0 Å². The van der Waals surface area contributed by atoms with Crippen molar-refractivity contribution in [3.8, 4) is 0 Å². The van der Waals surface area contributed by atoms with E-state index in [9.17, 15) is 9.59 Å². The SMILES string of the molecule is [2H]COC(=O)[C@H](O)[C@@H](O)[C@H](O)C(=O)CO. The number of carbonyl (C=O) groups excluding carboxylic acids is 2. The maximum atomic E-state index is 10.8. The summed E-state index contributed by atoms with van der Waals surface area (Å²) in [4.78, 5) is 21.4. The van der Waals surface area contributed by atoms with Crippen molar-refractivity contribution >= 4 is 11.8 Å². The molecule has 0 unspecified atom stereocenters. The Labute approximate surface area is 80.9 Å². The zero-order valence-corrected chi connectivity index (χ0v) is 7.16. The fraction of sp³-hybridized carbons (Fsp3) is 0.714. The first kappa shape index (κ1) is 11.1. The van der Waals surface area contributed by atoms with Crippen molar-refractivity contribution in [2.24, 2.45) is 0 Å². The van der Waals surface area contributed by atoms with Crippen molar-refractivity contribution in [1.29, 1.82) is 0 Å². The fourth-order valence-corrected chi connectivity index (χ4v) is 0.681.